The Balaban J connectivity index is 2.40. The Labute approximate surface area is 151 Å². The summed E-state index contributed by atoms with van der Waals surface area (Å²) in [6.07, 6.45) is 0.219. The fourth-order valence-corrected chi connectivity index (χ4v) is 2.93. The predicted molar refractivity (Wildman–Crippen MR) is 98.4 cm³/mol. The third-order valence-electron chi connectivity index (χ3n) is 3.41. The van der Waals surface area contributed by atoms with Gasteiger partial charge in [-0.05, 0) is 26.3 Å². The summed E-state index contributed by atoms with van der Waals surface area (Å²) in [6.45, 7) is 5.36. The van der Waals surface area contributed by atoms with E-state index in [-0.39, 0.29) is 12.2 Å². The molecule has 1 atom stereocenters. The molecule has 0 saturated carbocycles. The van der Waals surface area contributed by atoms with Crippen molar-refractivity contribution < 1.29 is 14.3 Å². The van der Waals surface area contributed by atoms with Crippen LogP contribution >= 0.6 is 15.9 Å². The van der Waals surface area contributed by atoms with Crippen LogP contribution < -0.4 is 0 Å². The number of ether oxygens (including phenoxy) is 1. The fourth-order valence-electron chi connectivity index (χ4n) is 2.30. The van der Waals surface area contributed by atoms with E-state index in [4.69, 9.17) is 4.74 Å². The molecule has 0 bridgehead atoms. The highest BCUT2D eigenvalue weighted by molar-refractivity contribution is 9.10. The van der Waals surface area contributed by atoms with Crippen LogP contribution in [-0.2, 0) is 16.0 Å². The van der Waals surface area contributed by atoms with E-state index in [0.717, 1.165) is 5.56 Å². The van der Waals surface area contributed by atoms with Gasteiger partial charge in [0, 0.05) is 12.0 Å². The van der Waals surface area contributed by atoms with Gasteiger partial charge in [-0.2, -0.15) is 0 Å². The maximum absolute atomic E-state index is 13.1. The van der Waals surface area contributed by atoms with Gasteiger partial charge in [-0.3, -0.25) is 9.59 Å². The van der Waals surface area contributed by atoms with Gasteiger partial charge in [0.15, 0.2) is 10.1 Å². The van der Waals surface area contributed by atoms with Gasteiger partial charge in [0.05, 0.1) is 0 Å². The highest BCUT2D eigenvalue weighted by Crippen LogP contribution is 2.31. The van der Waals surface area contributed by atoms with Crippen LogP contribution in [0.25, 0.3) is 0 Å². The van der Waals surface area contributed by atoms with Crippen molar-refractivity contribution in [3.63, 3.8) is 0 Å². The Morgan fingerprint density at radius 1 is 0.917 bits per heavy atom. The van der Waals surface area contributed by atoms with Gasteiger partial charge in [-0.1, -0.05) is 76.6 Å². The monoisotopic (exact) mass is 388 g/mol. The second-order valence-electron chi connectivity index (χ2n) is 6.66. The van der Waals surface area contributed by atoms with Gasteiger partial charge < -0.3 is 4.74 Å². The van der Waals surface area contributed by atoms with Crippen LogP contribution in [0.3, 0.4) is 0 Å². The first-order valence-corrected chi connectivity index (χ1v) is 8.58. The first-order chi connectivity index (χ1) is 11.2. The highest BCUT2D eigenvalue weighted by Gasteiger charge is 2.46. The molecule has 0 aliphatic rings. The van der Waals surface area contributed by atoms with Crippen LogP contribution in [0.5, 0.6) is 0 Å². The number of esters is 1. The van der Waals surface area contributed by atoms with Crippen molar-refractivity contribution in [3.8, 4) is 0 Å². The SMILES string of the molecule is CC(C)(C)OC(=O)C(Br)(Cc1ccccc1)C(=O)c1ccccc1. The van der Waals surface area contributed by atoms with E-state index in [0.29, 0.717) is 5.56 Å². The van der Waals surface area contributed by atoms with Crippen LogP contribution in [0.4, 0.5) is 0 Å². The van der Waals surface area contributed by atoms with Crippen LogP contribution in [0.2, 0.25) is 0 Å². The molecule has 0 aliphatic carbocycles. The molecule has 4 heteroatoms. The highest BCUT2D eigenvalue weighted by atomic mass is 79.9. The maximum atomic E-state index is 13.1. The van der Waals surface area contributed by atoms with Gasteiger partial charge >= 0.3 is 5.97 Å². The zero-order chi connectivity index (χ0) is 17.8. The molecule has 2 aromatic carbocycles. The number of carbonyl (C=O) groups excluding carboxylic acids is 2. The average molecular weight is 389 g/mol. The van der Waals surface area contributed by atoms with E-state index < -0.39 is 15.9 Å². The van der Waals surface area contributed by atoms with Crippen molar-refractivity contribution in [1.29, 1.82) is 0 Å². The summed E-state index contributed by atoms with van der Waals surface area (Å²) in [4.78, 5) is 25.9. The number of rotatable bonds is 5. The largest absolute Gasteiger partial charge is 0.459 e. The molecule has 126 valence electrons. The van der Waals surface area contributed by atoms with Crippen molar-refractivity contribution >= 4 is 27.7 Å². The summed E-state index contributed by atoms with van der Waals surface area (Å²) in [7, 11) is 0. The molecule has 0 heterocycles. The Morgan fingerprint density at radius 3 is 1.92 bits per heavy atom. The maximum Gasteiger partial charge on any atom is 0.331 e. The van der Waals surface area contributed by atoms with Crippen molar-refractivity contribution in [3.05, 3.63) is 71.8 Å². The molecule has 0 N–H and O–H groups in total. The molecule has 0 aliphatic heterocycles. The Bertz CT molecular complexity index is 705. The molecule has 2 rings (SSSR count). The average Bonchev–Trinajstić information content (AvgIpc) is 2.54. The molecule has 0 amide bonds. The van der Waals surface area contributed by atoms with Crippen LogP contribution in [0, 0.1) is 0 Å². The Morgan fingerprint density at radius 2 is 1.42 bits per heavy atom. The second-order valence-corrected chi connectivity index (χ2v) is 8.01. The molecule has 0 spiro atoms. The normalized spacial score (nSPS) is 13.8. The summed E-state index contributed by atoms with van der Waals surface area (Å²) in [5.74, 6) is -0.881. The number of Topliss-reactive ketones (excluding diaryl/α,β-unsaturated/α-hetero) is 1. The van der Waals surface area contributed by atoms with Crippen LogP contribution in [-0.4, -0.2) is 21.7 Å². The minimum Gasteiger partial charge on any atom is -0.459 e. The summed E-state index contributed by atoms with van der Waals surface area (Å²) in [5, 5.41) is 0. The summed E-state index contributed by atoms with van der Waals surface area (Å²) in [5.41, 5.74) is 0.671. The number of ketones is 1. The van der Waals surface area contributed by atoms with E-state index in [1.807, 2.05) is 36.4 Å². The zero-order valence-corrected chi connectivity index (χ0v) is 15.7. The minimum absolute atomic E-state index is 0.219. The molecule has 0 saturated heterocycles. The van der Waals surface area contributed by atoms with Crippen molar-refractivity contribution in [2.24, 2.45) is 0 Å². The number of alkyl halides is 1. The molecule has 0 radical (unpaired) electrons. The molecule has 24 heavy (non-hydrogen) atoms. The molecule has 1 unspecified atom stereocenters. The summed E-state index contributed by atoms with van der Waals surface area (Å²) < 4.78 is 4.06. The summed E-state index contributed by atoms with van der Waals surface area (Å²) >= 11 is 3.42. The van der Waals surface area contributed by atoms with E-state index in [2.05, 4.69) is 15.9 Å². The quantitative estimate of drug-likeness (QED) is 0.325. The Kier molecular flexibility index (Phi) is 5.60. The molecular weight excluding hydrogens is 368 g/mol. The van der Waals surface area contributed by atoms with Gasteiger partial charge in [-0.25, -0.2) is 0 Å². The number of halogens is 1. The standard InChI is InChI=1S/C20H21BrO3/c1-19(2,3)24-18(23)20(21,14-15-10-6-4-7-11-15)17(22)16-12-8-5-9-13-16/h4-13H,14H2,1-3H3. The van der Waals surface area contributed by atoms with Gasteiger partial charge in [-0.15, -0.1) is 0 Å². The van der Waals surface area contributed by atoms with Crippen LogP contribution in [0.15, 0.2) is 60.7 Å². The van der Waals surface area contributed by atoms with Crippen LogP contribution in [0.1, 0.15) is 36.7 Å². The van der Waals surface area contributed by atoms with Crippen molar-refractivity contribution in [2.75, 3.05) is 0 Å². The topological polar surface area (TPSA) is 43.4 Å². The zero-order valence-electron chi connectivity index (χ0n) is 14.1. The van der Waals surface area contributed by atoms with E-state index in [1.165, 1.54) is 0 Å². The third-order valence-corrected chi connectivity index (χ3v) is 4.37. The summed E-state index contributed by atoms with van der Waals surface area (Å²) in [6, 6.07) is 18.2. The first kappa shape index (κ1) is 18.4. The van der Waals surface area contributed by atoms with Gasteiger partial charge in [0.25, 0.3) is 0 Å². The number of hydrogen-bond acceptors (Lipinski definition) is 3. The molecule has 0 aromatic heterocycles. The number of hydrogen-bond donors (Lipinski definition) is 0. The molecular formula is C20H21BrO3. The van der Waals surface area contributed by atoms with Crippen molar-refractivity contribution in [2.45, 2.75) is 37.1 Å². The van der Waals surface area contributed by atoms with E-state index in [9.17, 15) is 9.59 Å². The smallest absolute Gasteiger partial charge is 0.331 e. The van der Waals surface area contributed by atoms with E-state index >= 15 is 0 Å². The van der Waals surface area contributed by atoms with Crippen molar-refractivity contribution in [1.82, 2.24) is 0 Å². The molecule has 2 aromatic rings. The lowest BCUT2D eigenvalue weighted by Gasteiger charge is -2.29. The second kappa shape index (κ2) is 7.31. The van der Waals surface area contributed by atoms with Gasteiger partial charge in [0.2, 0.25) is 0 Å². The molecule has 3 nitrogen and oxygen atoms in total. The fraction of sp³-hybridized carbons (Fsp3) is 0.300. The Hall–Kier alpha value is -1.94. The number of benzene rings is 2. The lowest BCUT2D eigenvalue weighted by atomic mass is 9.90. The van der Waals surface area contributed by atoms with E-state index in [1.54, 1.807) is 45.0 Å². The third kappa shape index (κ3) is 4.54. The van der Waals surface area contributed by atoms with Gasteiger partial charge in [0.1, 0.15) is 5.60 Å². The predicted octanol–water partition coefficient (Wildman–Crippen LogP) is 4.59. The molecule has 0 fully saturated rings. The number of carbonyl (C=O) groups is 2. The first-order valence-electron chi connectivity index (χ1n) is 7.78. The lowest BCUT2D eigenvalue weighted by molar-refractivity contribution is -0.156. The minimum atomic E-state index is -1.46. The lowest BCUT2D eigenvalue weighted by Crippen LogP contribution is -2.46.